The van der Waals surface area contributed by atoms with Gasteiger partial charge in [-0.2, -0.15) is 0 Å². The zero-order valence-corrected chi connectivity index (χ0v) is 13.2. The molecule has 20 heavy (non-hydrogen) atoms. The molecule has 116 valence electrons. The van der Waals surface area contributed by atoms with Crippen LogP contribution in [0.3, 0.4) is 0 Å². The Balaban J connectivity index is 2.89. The summed E-state index contributed by atoms with van der Waals surface area (Å²) in [6.07, 6.45) is 1.59. The summed E-state index contributed by atoms with van der Waals surface area (Å²) >= 11 is 0. The molecule has 1 rings (SSSR count). The summed E-state index contributed by atoms with van der Waals surface area (Å²) in [5.74, 6) is -0.651. The van der Waals surface area contributed by atoms with E-state index in [9.17, 15) is 14.7 Å². The number of rotatable bonds is 3. The summed E-state index contributed by atoms with van der Waals surface area (Å²) in [6.45, 7) is 9.20. The highest BCUT2D eigenvalue weighted by Crippen LogP contribution is 2.28. The van der Waals surface area contributed by atoms with Gasteiger partial charge in [0.05, 0.1) is 0 Å². The van der Waals surface area contributed by atoms with Gasteiger partial charge in [0.15, 0.2) is 0 Å². The van der Waals surface area contributed by atoms with Gasteiger partial charge in [-0.05, 0) is 39.5 Å². The van der Waals surface area contributed by atoms with E-state index in [0.29, 0.717) is 6.42 Å². The van der Waals surface area contributed by atoms with Crippen LogP contribution in [0.25, 0.3) is 0 Å². The summed E-state index contributed by atoms with van der Waals surface area (Å²) < 4.78 is 5.30. The molecule has 5 heteroatoms. The molecule has 2 amide bonds. The van der Waals surface area contributed by atoms with Gasteiger partial charge in [-0.15, -0.1) is 0 Å². The van der Waals surface area contributed by atoms with E-state index in [4.69, 9.17) is 4.74 Å². The maximum absolute atomic E-state index is 12.2. The normalized spacial score (nSPS) is 27.6. The fourth-order valence-corrected chi connectivity index (χ4v) is 2.47. The molecule has 1 fully saturated rings. The highest BCUT2D eigenvalue weighted by atomic mass is 16.6. The van der Waals surface area contributed by atoms with Crippen molar-refractivity contribution >= 4 is 12.0 Å². The quantitative estimate of drug-likeness (QED) is 0.865. The van der Waals surface area contributed by atoms with E-state index in [1.54, 1.807) is 20.8 Å². The number of piperidine rings is 1. The highest BCUT2D eigenvalue weighted by Gasteiger charge is 2.43. The first-order chi connectivity index (χ1) is 9.17. The minimum atomic E-state index is -1.11. The Bertz CT molecular complexity index is 361. The molecule has 1 aliphatic heterocycles. The van der Waals surface area contributed by atoms with Crippen molar-refractivity contribution in [1.29, 1.82) is 0 Å². The van der Waals surface area contributed by atoms with Crippen LogP contribution in [-0.4, -0.2) is 39.8 Å². The predicted molar refractivity (Wildman–Crippen MR) is 76.2 cm³/mol. The van der Waals surface area contributed by atoms with Crippen LogP contribution < -0.4 is 0 Å². The molecule has 0 saturated carbocycles. The van der Waals surface area contributed by atoms with E-state index in [0.717, 1.165) is 24.2 Å². The largest absolute Gasteiger partial charge is 0.443 e. The van der Waals surface area contributed by atoms with Gasteiger partial charge in [0, 0.05) is 6.04 Å². The Labute approximate surface area is 121 Å². The molecule has 0 aromatic heterocycles. The van der Waals surface area contributed by atoms with Crippen LogP contribution in [0.2, 0.25) is 0 Å². The Morgan fingerprint density at radius 3 is 2.55 bits per heavy atom. The fourth-order valence-electron chi connectivity index (χ4n) is 2.47. The molecule has 0 aliphatic carbocycles. The molecule has 0 aromatic rings. The molecule has 2 unspecified atom stereocenters. The van der Waals surface area contributed by atoms with Crippen LogP contribution in [0.1, 0.15) is 60.3 Å². The maximum Gasteiger partial charge on any atom is 0.417 e. The number of imide groups is 1. The third-order valence-corrected chi connectivity index (χ3v) is 3.52. The third-order valence-electron chi connectivity index (χ3n) is 3.52. The zero-order valence-electron chi connectivity index (χ0n) is 13.2. The van der Waals surface area contributed by atoms with Gasteiger partial charge in [0.2, 0.25) is 0 Å². The second-order valence-electron chi connectivity index (χ2n) is 6.64. The Kier molecular flexibility index (Phi) is 5.57. The van der Waals surface area contributed by atoms with Crippen molar-refractivity contribution in [3.63, 3.8) is 0 Å². The van der Waals surface area contributed by atoms with E-state index in [2.05, 4.69) is 6.92 Å². The number of carbonyl (C=O) groups excluding carboxylic acids is 2. The van der Waals surface area contributed by atoms with Crippen LogP contribution in [0.15, 0.2) is 0 Å². The summed E-state index contributed by atoms with van der Waals surface area (Å²) in [6, 6.07) is -0.171. The molecule has 0 aromatic carbocycles. The molecule has 3 atom stereocenters. The van der Waals surface area contributed by atoms with E-state index in [-0.39, 0.29) is 12.0 Å². The minimum Gasteiger partial charge on any atom is -0.443 e. The summed E-state index contributed by atoms with van der Waals surface area (Å²) in [4.78, 5) is 25.6. The number of hydrogen-bond donors (Lipinski definition) is 1. The lowest BCUT2D eigenvalue weighted by Gasteiger charge is -2.39. The number of aliphatic hydroxyl groups excluding tert-OH is 1. The molecular weight excluding hydrogens is 258 g/mol. The average Bonchev–Trinajstić information content (AvgIpc) is 2.30. The molecule has 1 saturated heterocycles. The maximum atomic E-state index is 12.2. The molecule has 1 heterocycles. The number of ether oxygens (including phenoxy) is 1. The molecular formula is C15H27NO4. The van der Waals surface area contributed by atoms with Gasteiger partial charge in [-0.3, -0.25) is 4.79 Å². The smallest absolute Gasteiger partial charge is 0.417 e. The average molecular weight is 285 g/mol. The van der Waals surface area contributed by atoms with Crippen LogP contribution in [0, 0.1) is 5.92 Å². The number of carbonyl (C=O) groups is 2. The lowest BCUT2D eigenvalue weighted by Crippen LogP contribution is -2.56. The number of amides is 2. The van der Waals surface area contributed by atoms with Crippen molar-refractivity contribution in [2.75, 3.05) is 0 Å². The SMILES string of the molecule is CCCCC1CC(C)[C@@H](O)C(=O)N1C(=O)OC(C)(C)C. The highest BCUT2D eigenvalue weighted by molar-refractivity contribution is 5.95. The van der Waals surface area contributed by atoms with Gasteiger partial charge < -0.3 is 9.84 Å². The van der Waals surface area contributed by atoms with Crippen LogP contribution in [-0.2, 0) is 9.53 Å². The van der Waals surface area contributed by atoms with Gasteiger partial charge in [-0.25, -0.2) is 9.69 Å². The zero-order chi connectivity index (χ0) is 15.5. The van der Waals surface area contributed by atoms with Crippen LogP contribution >= 0.6 is 0 Å². The van der Waals surface area contributed by atoms with Crippen molar-refractivity contribution in [3.8, 4) is 0 Å². The van der Waals surface area contributed by atoms with Crippen molar-refractivity contribution in [2.24, 2.45) is 5.92 Å². The molecule has 1 aliphatic rings. The van der Waals surface area contributed by atoms with E-state index < -0.39 is 23.7 Å². The van der Waals surface area contributed by atoms with Gasteiger partial charge in [0.25, 0.3) is 5.91 Å². The monoisotopic (exact) mass is 285 g/mol. The van der Waals surface area contributed by atoms with Crippen LogP contribution in [0.5, 0.6) is 0 Å². The standard InChI is InChI=1S/C15H27NO4/c1-6-7-8-11-9-10(2)12(17)13(18)16(11)14(19)20-15(3,4)5/h10-12,17H,6-9H2,1-5H3/t10?,11?,12-/m1/s1. The Hall–Kier alpha value is -1.10. The van der Waals surface area contributed by atoms with Gasteiger partial charge in [0.1, 0.15) is 11.7 Å². The van der Waals surface area contributed by atoms with Crippen molar-refractivity contribution in [3.05, 3.63) is 0 Å². The van der Waals surface area contributed by atoms with E-state index in [1.807, 2.05) is 6.92 Å². The molecule has 5 nitrogen and oxygen atoms in total. The first kappa shape index (κ1) is 17.0. The summed E-state index contributed by atoms with van der Waals surface area (Å²) in [5.41, 5.74) is -0.652. The lowest BCUT2D eigenvalue weighted by atomic mass is 9.87. The predicted octanol–water partition coefficient (Wildman–Crippen LogP) is 2.71. The second kappa shape index (κ2) is 6.57. The molecule has 0 radical (unpaired) electrons. The number of hydrogen-bond acceptors (Lipinski definition) is 4. The van der Waals surface area contributed by atoms with Gasteiger partial charge >= 0.3 is 6.09 Å². The van der Waals surface area contributed by atoms with Crippen molar-refractivity contribution in [1.82, 2.24) is 4.90 Å². The van der Waals surface area contributed by atoms with Crippen molar-refractivity contribution < 1.29 is 19.4 Å². The summed E-state index contributed by atoms with van der Waals surface area (Å²) in [5, 5.41) is 9.91. The molecule has 0 bridgehead atoms. The Morgan fingerprint density at radius 1 is 1.45 bits per heavy atom. The first-order valence-corrected chi connectivity index (χ1v) is 7.41. The van der Waals surface area contributed by atoms with Crippen molar-refractivity contribution in [2.45, 2.75) is 78.0 Å². The van der Waals surface area contributed by atoms with Gasteiger partial charge in [-0.1, -0.05) is 26.7 Å². The number of likely N-dealkylation sites (tertiary alicyclic amines) is 1. The number of aliphatic hydroxyl groups is 1. The minimum absolute atomic E-state index is 0.122. The number of unbranched alkanes of at least 4 members (excludes halogenated alkanes) is 1. The van der Waals surface area contributed by atoms with E-state index in [1.165, 1.54) is 0 Å². The Morgan fingerprint density at radius 2 is 2.05 bits per heavy atom. The summed E-state index contributed by atoms with van der Waals surface area (Å²) in [7, 11) is 0. The fraction of sp³-hybridized carbons (Fsp3) is 0.867. The second-order valence-corrected chi connectivity index (χ2v) is 6.64. The van der Waals surface area contributed by atoms with Crippen LogP contribution in [0.4, 0.5) is 4.79 Å². The molecule has 0 spiro atoms. The third kappa shape index (κ3) is 4.20. The first-order valence-electron chi connectivity index (χ1n) is 7.41. The molecule has 1 N–H and O–H groups in total. The topological polar surface area (TPSA) is 66.8 Å². The van der Waals surface area contributed by atoms with E-state index >= 15 is 0 Å². The lowest BCUT2D eigenvalue weighted by molar-refractivity contribution is -0.150. The number of nitrogens with zero attached hydrogens (tertiary/aromatic N) is 1.